The molecule has 1 aliphatic rings. The predicted molar refractivity (Wildman–Crippen MR) is 102 cm³/mol. The van der Waals surface area contributed by atoms with Crippen molar-refractivity contribution in [3.8, 4) is 11.3 Å². The van der Waals surface area contributed by atoms with E-state index in [9.17, 15) is 9.59 Å². The highest BCUT2D eigenvalue weighted by atomic mass is 16.5. The van der Waals surface area contributed by atoms with Crippen LogP contribution in [0.3, 0.4) is 0 Å². The minimum atomic E-state index is -0.254. The van der Waals surface area contributed by atoms with E-state index in [2.05, 4.69) is 10.5 Å². The number of carbonyl (C=O) groups excluding carboxylic acids is 2. The fourth-order valence-electron chi connectivity index (χ4n) is 3.59. The van der Waals surface area contributed by atoms with Gasteiger partial charge in [0.2, 0.25) is 11.7 Å². The molecule has 7 nitrogen and oxygen atoms in total. The maximum atomic E-state index is 13.0. The molecule has 0 spiro atoms. The highest BCUT2D eigenvalue weighted by molar-refractivity contribution is 5.92. The average molecular weight is 379 g/mol. The van der Waals surface area contributed by atoms with Crippen molar-refractivity contribution < 1.29 is 18.5 Å². The normalized spacial score (nSPS) is 19.0. The van der Waals surface area contributed by atoms with Crippen molar-refractivity contribution in [2.24, 2.45) is 0 Å². The number of benzene rings is 1. The van der Waals surface area contributed by atoms with E-state index in [1.54, 1.807) is 11.0 Å². The van der Waals surface area contributed by atoms with Crippen molar-refractivity contribution in [3.63, 3.8) is 0 Å². The van der Waals surface area contributed by atoms with Gasteiger partial charge in [-0.3, -0.25) is 9.59 Å². The Morgan fingerprint density at radius 1 is 1.14 bits per heavy atom. The Hall–Kier alpha value is -3.35. The van der Waals surface area contributed by atoms with E-state index >= 15 is 0 Å². The summed E-state index contributed by atoms with van der Waals surface area (Å²) in [5.41, 5.74) is 1.49. The van der Waals surface area contributed by atoms with Gasteiger partial charge in [-0.1, -0.05) is 35.5 Å². The van der Waals surface area contributed by atoms with Crippen LogP contribution in [0.15, 0.2) is 57.5 Å². The lowest BCUT2D eigenvalue weighted by molar-refractivity contribution is -0.119. The van der Waals surface area contributed by atoms with Crippen LogP contribution in [0.5, 0.6) is 0 Å². The van der Waals surface area contributed by atoms with Crippen LogP contribution in [-0.2, 0) is 4.79 Å². The zero-order valence-electron chi connectivity index (χ0n) is 15.7. The smallest absolute Gasteiger partial charge is 0.292 e. The second-order valence-corrected chi connectivity index (χ2v) is 7.01. The molecular formula is C21H21N3O4. The van der Waals surface area contributed by atoms with Gasteiger partial charge in [0.05, 0.1) is 12.0 Å². The quantitative estimate of drug-likeness (QED) is 0.753. The van der Waals surface area contributed by atoms with Crippen molar-refractivity contribution in [1.29, 1.82) is 0 Å². The average Bonchev–Trinajstić information content (AvgIpc) is 3.41. The van der Waals surface area contributed by atoms with E-state index in [0.29, 0.717) is 18.8 Å². The van der Waals surface area contributed by atoms with Crippen LogP contribution in [0, 0.1) is 6.92 Å². The van der Waals surface area contributed by atoms with Gasteiger partial charge in [0.1, 0.15) is 17.2 Å². The number of rotatable bonds is 4. The van der Waals surface area contributed by atoms with Gasteiger partial charge in [-0.15, -0.1) is 0 Å². The number of aromatic nitrogens is 1. The number of aryl methyl sites for hydroxylation is 1. The molecule has 1 N–H and O–H groups in total. The summed E-state index contributed by atoms with van der Waals surface area (Å²) in [5.74, 6) is 1.22. The van der Waals surface area contributed by atoms with Crippen LogP contribution in [0.2, 0.25) is 0 Å². The van der Waals surface area contributed by atoms with E-state index in [-0.39, 0.29) is 29.5 Å². The number of nitrogens with one attached hydrogen (secondary N) is 1. The second-order valence-electron chi connectivity index (χ2n) is 7.01. The topological polar surface area (TPSA) is 88.6 Å². The summed E-state index contributed by atoms with van der Waals surface area (Å²) in [4.78, 5) is 26.2. The first-order valence-electron chi connectivity index (χ1n) is 9.16. The van der Waals surface area contributed by atoms with E-state index in [4.69, 9.17) is 8.94 Å². The maximum Gasteiger partial charge on any atom is 0.292 e. The number of hydrogen-bond donors (Lipinski definition) is 1. The molecule has 1 aromatic carbocycles. The molecule has 3 aromatic rings. The highest BCUT2D eigenvalue weighted by Gasteiger charge is 2.39. The maximum absolute atomic E-state index is 13.0. The van der Waals surface area contributed by atoms with Gasteiger partial charge >= 0.3 is 0 Å². The first kappa shape index (κ1) is 18.0. The molecule has 2 atom stereocenters. The number of carbonyl (C=O) groups is 2. The molecule has 1 fully saturated rings. The SMILES string of the molecule is CC(=O)N[C@@H]1CN(C(=O)c2cc(-c3ccccc3)no2)C[C@H]1c1ccc(C)o1. The molecule has 7 heteroatoms. The Labute approximate surface area is 162 Å². The molecule has 3 heterocycles. The number of hydrogen-bond acceptors (Lipinski definition) is 5. The fraction of sp³-hybridized carbons (Fsp3) is 0.286. The van der Waals surface area contributed by atoms with Crippen LogP contribution >= 0.6 is 0 Å². The highest BCUT2D eigenvalue weighted by Crippen LogP contribution is 2.30. The Kier molecular flexibility index (Phi) is 4.73. The van der Waals surface area contributed by atoms with Crippen LogP contribution in [-0.4, -0.2) is 41.0 Å². The molecule has 0 aliphatic carbocycles. The van der Waals surface area contributed by atoms with Crippen LogP contribution < -0.4 is 5.32 Å². The molecule has 1 aliphatic heterocycles. The molecule has 2 aromatic heterocycles. The summed E-state index contributed by atoms with van der Waals surface area (Å²) >= 11 is 0. The molecule has 0 unspecified atom stereocenters. The largest absolute Gasteiger partial charge is 0.466 e. The zero-order chi connectivity index (χ0) is 19.7. The van der Waals surface area contributed by atoms with Gasteiger partial charge in [-0.2, -0.15) is 0 Å². The first-order chi connectivity index (χ1) is 13.5. The predicted octanol–water partition coefficient (Wildman–Crippen LogP) is 2.99. The Morgan fingerprint density at radius 3 is 2.61 bits per heavy atom. The molecule has 0 bridgehead atoms. The second kappa shape index (κ2) is 7.34. The third kappa shape index (κ3) is 3.55. The van der Waals surface area contributed by atoms with Gasteiger partial charge in [-0.05, 0) is 19.1 Å². The minimum Gasteiger partial charge on any atom is -0.466 e. The van der Waals surface area contributed by atoms with Gasteiger partial charge in [0.25, 0.3) is 5.91 Å². The monoisotopic (exact) mass is 379 g/mol. The summed E-state index contributed by atoms with van der Waals surface area (Å²) < 4.78 is 11.1. The summed E-state index contributed by atoms with van der Waals surface area (Å²) in [7, 11) is 0. The fourth-order valence-corrected chi connectivity index (χ4v) is 3.59. The molecule has 0 radical (unpaired) electrons. The van der Waals surface area contributed by atoms with Crippen molar-refractivity contribution in [2.75, 3.05) is 13.1 Å². The Morgan fingerprint density at radius 2 is 1.93 bits per heavy atom. The van der Waals surface area contributed by atoms with Crippen molar-refractivity contribution >= 4 is 11.8 Å². The summed E-state index contributed by atoms with van der Waals surface area (Å²) in [6, 6.07) is 14.7. The standard InChI is InChI=1S/C21H21N3O4/c1-13-8-9-19(27-13)16-11-24(12-18(16)22-14(2)25)21(26)20-10-17(23-28-20)15-6-4-3-5-7-15/h3-10,16,18H,11-12H2,1-2H3,(H,22,25)/t16-,18-/m1/s1. The lowest BCUT2D eigenvalue weighted by Crippen LogP contribution is -2.39. The number of furan rings is 1. The molecule has 28 heavy (non-hydrogen) atoms. The van der Waals surface area contributed by atoms with Gasteiger partial charge < -0.3 is 19.2 Å². The lowest BCUT2D eigenvalue weighted by atomic mass is 10.0. The van der Waals surface area contributed by atoms with Crippen molar-refractivity contribution in [3.05, 3.63) is 65.8 Å². The lowest BCUT2D eigenvalue weighted by Gasteiger charge is -2.16. The van der Waals surface area contributed by atoms with Crippen LogP contribution in [0.25, 0.3) is 11.3 Å². The van der Waals surface area contributed by atoms with Gasteiger partial charge in [0.15, 0.2) is 0 Å². The van der Waals surface area contributed by atoms with E-state index in [0.717, 1.165) is 17.1 Å². The minimum absolute atomic E-state index is 0.113. The first-order valence-corrected chi connectivity index (χ1v) is 9.16. The van der Waals surface area contributed by atoms with E-state index in [1.807, 2.05) is 49.4 Å². The van der Waals surface area contributed by atoms with E-state index < -0.39 is 0 Å². The third-order valence-electron chi connectivity index (χ3n) is 4.91. The molecule has 4 rings (SSSR count). The van der Waals surface area contributed by atoms with E-state index in [1.165, 1.54) is 6.92 Å². The van der Waals surface area contributed by atoms with Crippen molar-refractivity contribution in [1.82, 2.24) is 15.4 Å². The van der Waals surface area contributed by atoms with Crippen molar-refractivity contribution in [2.45, 2.75) is 25.8 Å². The van der Waals surface area contributed by atoms with Gasteiger partial charge in [0, 0.05) is 31.6 Å². The Bertz CT molecular complexity index is 992. The zero-order valence-corrected chi connectivity index (χ0v) is 15.7. The summed E-state index contributed by atoms with van der Waals surface area (Å²) in [6.07, 6.45) is 0. The third-order valence-corrected chi connectivity index (χ3v) is 4.91. The molecule has 144 valence electrons. The summed E-state index contributed by atoms with van der Waals surface area (Å²) in [6.45, 7) is 4.15. The number of likely N-dealkylation sites (tertiary alicyclic amines) is 1. The number of nitrogens with zero attached hydrogens (tertiary/aromatic N) is 2. The van der Waals surface area contributed by atoms with Crippen LogP contribution in [0.1, 0.15) is 34.9 Å². The molecule has 1 saturated heterocycles. The van der Waals surface area contributed by atoms with Gasteiger partial charge in [-0.25, -0.2) is 0 Å². The van der Waals surface area contributed by atoms with Crippen LogP contribution in [0.4, 0.5) is 0 Å². The molecular weight excluding hydrogens is 358 g/mol. The number of amides is 2. The Balaban J connectivity index is 1.54. The summed E-state index contributed by atoms with van der Waals surface area (Å²) in [5, 5.41) is 6.94. The molecule has 0 saturated carbocycles. The molecule has 2 amide bonds.